The number of hydrogen-bond donors (Lipinski definition) is 0. The highest BCUT2D eigenvalue weighted by Crippen LogP contribution is 2.55. The van der Waals surface area contributed by atoms with Crippen LogP contribution in [0.2, 0.25) is 26.2 Å². The third-order valence-corrected chi connectivity index (χ3v) is 28.0. The van der Waals surface area contributed by atoms with Gasteiger partial charge in [0.05, 0.1) is 21.2 Å². The van der Waals surface area contributed by atoms with E-state index in [4.69, 9.17) is 9.47 Å². The topological polar surface area (TPSA) is 59.1 Å². The van der Waals surface area contributed by atoms with E-state index in [1.54, 1.807) is 0 Å². The number of ether oxygens (including phenoxy) is 2. The molecule has 0 aliphatic carbocycles. The first-order chi connectivity index (χ1) is 33.0. The summed E-state index contributed by atoms with van der Waals surface area (Å²) < 4.78 is 44.8. The maximum absolute atomic E-state index is 15.7. The quantitative estimate of drug-likeness (QED) is 0.129. The van der Waals surface area contributed by atoms with Crippen LogP contribution >= 0.6 is 14.3 Å². The van der Waals surface area contributed by atoms with Crippen LogP contribution in [-0.2, 0) is 9.13 Å². The zero-order valence-electron chi connectivity index (χ0n) is 38.1. The number of benzene rings is 9. The lowest BCUT2D eigenvalue weighted by atomic mass is 10.1. The summed E-state index contributed by atoms with van der Waals surface area (Å²) in [6, 6.07) is 70.4. The largest absolute Gasteiger partial charge is 0.456 e. The predicted octanol–water partition coefficient (Wildman–Crippen LogP) is 10.4. The summed E-state index contributed by atoms with van der Waals surface area (Å²) in [6.45, 7) is 9.86. The molecule has 0 aromatic heterocycles. The van der Waals surface area contributed by atoms with E-state index in [2.05, 4.69) is 121 Å². The van der Waals surface area contributed by atoms with Crippen LogP contribution in [0.5, 0.6) is 23.0 Å². The van der Waals surface area contributed by atoms with Crippen LogP contribution in [0.4, 0.5) is 34.1 Å². The lowest BCUT2D eigenvalue weighted by Crippen LogP contribution is -2.62. The van der Waals surface area contributed by atoms with E-state index in [-0.39, 0.29) is 0 Å². The Morgan fingerprint density at radius 3 is 1.12 bits per heavy atom. The van der Waals surface area contributed by atoms with Gasteiger partial charge in [0.15, 0.2) is 14.3 Å². The van der Waals surface area contributed by atoms with Crippen molar-refractivity contribution in [1.82, 2.24) is 0 Å². The van der Waals surface area contributed by atoms with Gasteiger partial charge in [-0.1, -0.05) is 148 Å². The molecule has 2 unspecified atom stereocenters. The van der Waals surface area contributed by atoms with Crippen LogP contribution in [0.3, 0.4) is 0 Å². The molecule has 2 atom stereocenters. The van der Waals surface area contributed by atoms with Gasteiger partial charge in [-0.15, -0.1) is 0 Å². The molecular formula is C58H46N2O4P2Si2. The average molecular weight is 953 g/mol. The van der Waals surface area contributed by atoms with E-state index in [0.29, 0.717) is 33.6 Å². The Balaban J connectivity index is 1.01. The number of para-hydroxylation sites is 4. The van der Waals surface area contributed by atoms with Gasteiger partial charge in [-0.2, -0.15) is 0 Å². The Hall–Kier alpha value is -6.93. The summed E-state index contributed by atoms with van der Waals surface area (Å²) >= 11 is 0. The van der Waals surface area contributed by atoms with E-state index in [1.807, 2.05) is 121 Å². The summed E-state index contributed by atoms with van der Waals surface area (Å²) in [4.78, 5) is 4.84. The number of nitrogens with zero attached hydrogens (tertiary/aromatic N) is 2. The van der Waals surface area contributed by atoms with Crippen molar-refractivity contribution in [3.8, 4) is 23.0 Å². The normalized spacial score (nSPS) is 19.5. The minimum absolute atomic E-state index is 0.608. The van der Waals surface area contributed by atoms with Gasteiger partial charge < -0.3 is 28.4 Å². The van der Waals surface area contributed by atoms with Gasteiger partial charge in [-0.3, -0.25) is 0 Å². The summed E-state index contributed by atoms with van der Waals surface area (Å²) in [5.41, 5.74) is 6.53. The molecule has 0 bridgehead atoms. The summed E-state index contributed by atoms with van der Waals surface area (Å²) in [5.74, 6) is 2.46. The molecule has 13 rings (SSSR count). The van der Waals surface area contributed by atoms with Crippen LogP contribution < -0.4 is 71.8 Å². The molecule has 68 heavy (non-hydrogen) atoms. The molecule has 0 N–H and O–H groups in total. The number of rotatable bonds is 4. The van der Waals surface area contributed by atoms with Crippen molar-refractivity contribution in [2.24, 2.45) is 0 Å². The fourth-order valence-corrected chi connectivity index (χ4v) is 23.0. The highest BCUT2D eigenvalue weighted by atomic mass is 31.2. The molecule has 0 fully saturated rings. The summed E-state index contributed by atoms with van der Waals surface area (Å²) in [6.07, 6.45) is 0. The van der Waals surface area contributed by atoms with Gasteiger partial charge in [-0.25, -0.2) is 0 Å². The molecule has 0 spiro atoms. The SMILES string of the molecule is C[Si]1(C)c2ccccc2N(c2ccc3c(c2)Oc2ccccc2P3(=O)c2ccccc2)c2cc3c(cc21)N(c1ccc2c(c1)Oc1ccccc1P2(=O)c1ccccc1)c1ccccc1[Si]3(C)C. The van der Waals surface area contributed by atoms with Gasteiger partial charge in [0, 0.05) is 56.9 Å². The van der Waals surface area contributed by atoms with Crippen molar-refractivity contribution in [3.63, 3.8) is 0 Å². The molecule has 0 radical (unpaired) electrons. The molecule has 9 aromatic rings. The molecular weight excluding hydrogens is 907 g/mol. The Bertz CT molecular complexity index is 3450. The van der Waals surface area contributed by atoms with Crippen molar-refractivity contribution in [1.29, 1.82) is 0 Å². The Labute approximate surface area is 398 Å². The molecule has 4 aliphatic rings. The average Bonchev–Trinajstić information content (AvgIpc) is 3.37. The minimum atomic E-state index is -3.27. The zero-order chi connectivity index (χ0) is 46.2. The van der Waals surface area contributed by atoms with E-state index < -0.39 is 30.4 Å². The highest BCUT2D eigenvalue weighted by molar-refractivity contribution is 7.86. The predicted molar refractivity (Wildman–Crippen MR) is 288 cm³/mol. The standard InChI is InChI=1S/C58H46N2O4P2Si2/c1-67(2)55-29-17-11-23-43(55)59(39-31-33-53-49(35-39)63-47-25-13-15-27-51(47)65(53,61)41-19-7-5-8-20-41)45-38-58-46(37-57(45)67)60(44-24-12-18-30-56(44)68(58,3)4)40-32-34-54-50(36-40)64-48-26-14-16-28-52(48)66(54,62)42-21-9-6-10-22-42/h5-38H,1-4H3. The molecule has 0 saturated heterocycles. The van der Waals surface area contributed by atoms with Crippen LogP contribution in [0.15, 0.2) is 206 Å². The third-order valence-electron chi connectivity index (χ3n) is 14.7. The number of anilines is 6. The minimum Gasteiger partial charge on any atom is -0.456 e. The fraction of sp³-hybridized carbons (Fsp3) is 0.0690. The molecule has 6 nitrogen and oxygen atoms in total. The number of hydrogen-bond acceptors (Lipinski definition) is 6. The molecule has 4 heterocycles. The molecule has 330 valence electrons. The van der Waals surface area contributed by atoms with Crippen LogP contribution in [0.1, 0.15) is 0 Å². The second-order valence-corrected chi connectivity index (χ2v) is 33.2. The van der Waals surface area contributed by atoms with E-state index in [0.717, 1.165) is 55.3 Å². The molecule has 9 aromatic carbocycles. The Kier molecular flexibility index (Phi) is 8.98. The van der Waals surface area contributed by atoms with Gasteiger partial charge in [0.2, 0.25) is 0 Å². The van der Waals surface area contributed by atoms with E-state index in [1.165, 1.54) is 20.7 Å². The van der Waals surface area contributed by atoms with E-state index in [9.17, 15) is 0 Å². The first-order valence-corrected chi connectivity index (χ1v) is 32.5. The van der Waals surface area contributed by atoms with Crippen molar-refractivity contribution in [2.45, 2.75) is 26.2 Å². The van der Waals surface area contributed by atoms with Gasteiger partial charge in [0.25, 0.3) is 0 Å². The molecule has 0 amide bonds. The number of fused-ring (bicyclic) bond motifs is 8. The van der Waals surface area contributed by atoms with Crippen molar-refractivity contribution in [3.05, 3.63) is 206 Å². The van der Waals surface area contributed by atoms with Crippen molar-refractivity contribution < 1.29 is 18.6 Å². The Morgan fingerprint density at radius 1 is 0.338 bits per heavy atom. The Morgan fingerprint density at radius 2 is 0.691 bits per heavy atom. The monoisotopic (exact) mass is 952 g/mol. The van der Waals surface area contributed by atoms with E-state index >= 15 is 9.13 Å². The summed E-state index contributed by atoms with van der Waals surface area (Å²) in [5, 5.41) is 9.73. The van der Waals surface area contributed by atoms with Crippen LogP contribution in [-0.4, -0.2) is 16.1 Å². The third kappa shape index (κ3) is 5.69. The van der Waals surface area contributed by atoms with Gasteiger partial charge in [0.1, 0.15) is 39.1 Å². The molecule has 10 heteroatoms. The summed E-state index contributed by atoms with van der Waals surface area (Å²) in [7, 11) is -11.3. The lowest BCUT2D eigenvalue weighted by molar-refractivity contribution is 0.485. The van der Waals surface area contributed by atoms with Crippen LogP contribution in [0, 0.1) is 0 Å². The van der Waals surface area contributed by atoms with Gasteiger partial charge >= 0.3 is 0 Å². The van der Waals surface area contributed by atoms with Crippen molar-refractivity contribution >= 4 is 117 Å². The first-order valence-electron chi connectivity index (χ1n) is 23.1. The van der Waals surface area contributed by atoms with Crippen LogP contribution in [0.25, 0.3) is 0 Å². The zero-order valence-corrected chi connectivity index (χ0v) is 41.8. The second-order valence-electron chi connectivity index (χ2n) is 19.2. The second kappa shape index (κ2) is 14.8. The maximum atomic E-state index is 15.7. The maximum Gasteiger partial charge on any atom is 0.178 e. The lowest BCUT2D eigenvalue weighted by Gasteiger charge is -2.46. The van der Waals surface area contributed by atoms with Gasteiger partial charge in [-0.05, 0) is 93.5 Å². The first kappa shape index (κ1) is 41.3. The van der Waals surface area contributed by atoms with Crippen molar-refractivity contribution in [2.75, 3.05) is 9.80 Å². The molecule has 4 aliphatic heterocycles. The fourth-order valence-electron chi connectivity index (χ4n) is 11.4. The molecule has 0 saturated carbocycles. The highest BCUT2D eigenvalue weighted by Gasteiger charge is 2.46. The smallest absolute Gasteiger partial charge is 0.178 e.